The van der Waals surface area contributed by atoms with E-state index in [9.17, 15) is 0 Å². The van der Waals surface area contributed by atoms with Crippen molar-refractivity contribution < 1.29 is 5.11 Å². The Kier molecular flexibility index (Phi) is 4.14. The van der Waals surface area contributed by atoms with Crippen molar-refractivity contribution in [1.29, 1.82) is 0 Å². The molecule has 0 unspecified atom stereocenters. The normalized spacial score (nSPS) is 12.1. The van der Waals surface area contributed by atoms with Crippen LogP contribution < -0.4 is 0 Å². The van der Waals surface area contributed by atoms with Gasteiger partial charge in [-0.2, -0.15) is 5.10 Å². The van der Waals surface area contributed by atoms with Crippen molar-refractivity contribution in [3.8, 4) is 0 Å². The zero-order valence-corrected chi connectivity index (χ0v) is 11.2. The fourth-order valence-electron chi connectivity index (χ4n) is 1.87. The molecular formula is C13H24N2O. The lowest BCUT2D eigenvalue weighted by molar-refractivity contribution is 0.299. The van der Waals surface area contributed by atoms with E-state index in [0.717, 1.165) is 18.7 Å². The molecule has 0 radical (unpaired) electrons. The molecule has 1 N–H and O–H groups in total. The van der Waals surface area contributed by atoms with Crippen molar-refractivity contribution in [2.24, 2.45) is 5.41 Å². The summed E-state index contributed by atoms with van der Waals surface area (Å²) in [5, 5.41) is 13.5. The minimum Gasteiger partial charge on any atom is -0.396 e. The van der Waals surface area contributed by atoms with Gasteiger partial charge in [0, 0.05) is 18.8 Å². The van der Waals surface area contributed by atoms with Crippen LogP contribution in [0.5, 0.6) is 0 Å². The third-order valence-electron chi connectivity index (χ3n) is 2.97. The third kappa shape index (κ3) is 3.34. The van der Waals surface area contributed by atoms with Crippen LogP contribution in [0.15, 0.2) is 0 Å². The lowest BCUT2D eigenvalue weighted by Gasteiger charge is -2.18. The Bertz CT molecular complexity index is 348. The Balaban J connectivity index is 2.78. The fourth-order valence-corrected chi connectivity index (χ4v) is 1.87. The van der Waals surface area contributed by atoms with Crippen LogP contribution >= 0.6 is 0 Å². The van der Waals surface area contributed by atoms with Crippen LogP contribution in [0, 0.1) is 19.3 Å². The average molecular weight is 224 g/mol. The molecule has 0 aromatic carbocycles. The molecule has 0 bridgehead atoms. The van der Waals surface area contributed by atoms with Gasteiger partial charge >= 0.3 is 0 Å². The van der Waals surface area contributed by atoms with E-state index in [1.165, 1.54) is 11.3 Å². The molecule has 1 rings (SSSR count). The molecule has 16 heavy (non-hydrogen) atoms. The Hall–Kier alpha value is -0.830. The van der Waals surface area contributed by atoms with E-state index in [1.807, 2.05) is 6.92 Å². The number of aliphatic hydroxyl groups excluding tert-OH is 1. The summed E-state index contributed by atoms with van der Waals surface area (Å²) in [6.07, 6.45) is 1.83. The number of nitrogens with zero attached hydrogens (tertiary/aromatic N) is 2. The van der Waals surface area contributed by atoms with E-state index in [1.54, 1.807) is 0 Å². The molecule has 0 aliphatic rings. The SMILES string of the molecule is Cc1nn(CCC(C)(C)C)c(C)c1CCO. The minimum absolute atomic E-state index is 0.201. The first-order chi connectivity index (χ1) is 7.35. The molecule has 0 amide bonds. The van der Waals surface area contributed by atoms with Gasteiger partial charge < -0.3 is 5.11 Å². The molecule has 0 atom stereocenters. The minimum atomic E-state index is 0.201. The summed E-state index contributed by atoms with van der Waals surface area (Å²) in [6, 6.07) is 0. The lowest BCUT2D eigenvalue weighted by Crippen LogP contribution is -2.12. The highest BCUT2D eigenvalue weighted by Crippen LogP contribution is 2.21. The molecule has 3 nitrogen and oxygen atoms in total. The maximum absolute atomic E-state index is 9.00. The van der Waals surface area contributed by atoms with Gasteiger partial charge in [0.15, 0.2) is 0 Å². The van der Waals surface area contributed by atoms with Crippen LogP contribution in [0.2, 0.25) is 0 Å². The summed E-state index contributed by atoms with van der Waals surface area (Å²) in [5.74, 6) is 0. The number of hydrogen-bond donors (Lipinski definition) is 1. The van der Waals surface area contributed by atoms with Crippen molar-refractivity contribution in [2.45, 2.75) is 54.0 Å². The van der Waals surface area contributed by atoms with Gasteiger partial charge in [-0.05, 0) is 37.7 Å². The van der Waals surface area contributed by atoms with Crippen molar-refractivity contribution in [1.82, 2.24) is 9.78 Å². The van der Waals surface area contributed by atoms with Crippen LogP contribution in [0.25, 0.3) is 0 Å². The van der Waals surface area contributed by atoms with Gasteiger partial charge in [-0.25, -0.2) is 0 Å². The molecule has 0 saturated heterocycles. The number of aliphatic hydroxyl groups is 1. The second kappa shape index (κ2) is 5.00. The van der Waals surface area contributed by atoms with Gasteiger partial charge in [0.1, 0.15) is 0 Å². The molecule has 3 heteroatoms. The molecule has 0 spiro atoms. The van der Waals surface area contributed by atoms with E-state index in [0.29, 0.717) is 11.8 Å². The van der Waals surface area contributed by atoms with Crippen LogP contribution in [0.4, 0.5) is 0 Å². The van der Waals surface area contributed by atoms with Crippen molar-refractivity contribution in [3.63, 3.8) is 0 Å². The molecular weight excluding hydrogens is 200 g/mol. The topological polar surface area (TPSA) is 38.0 Å². The zero-order valence-electron chi connectivity index (χ0n) is 11.2. The van der Waals surface area contributed by atoms with Gasteiger partial charge in [-0.1, -0.05) is 20.8 Å². The summed E-state index contributed by atoms with van der Waals surface area (Å²) >= 11 is 0. The van der Waals surface area contributed by atoms with Gasteiger partial charge in [0.2, 0.25) is 0 Å². The second-order valence-corrected chi connectivity index (χ2v) is 5.66. The second-order valence-electron chi connectivity index (χ2n) is 5.66. The quantitative estimate of drug-likeness (QED) is 0.853. The Morgan fingerprint density at radius 2 is 1.88 bits per heavy atom. The molecule has 0 aliphatic heterocycles. The molecule has 0 saturated carbocycles. The summed E-state index contributed by atoms with van der Waals surface area (Å²) in [5.41, 5.74) is 3.80. The summed E-state index contributed by atoms with van der Waals surface area (Å²) in [4.78, 5) is 0. The number of hydrogen-bond acceptors (Lipinski definition) is 2. The predicted molar refractivity (Wildman–Crippen MR) is 66.6 cm³/mol. The van der Waals surface area contributed by atoms with Gasteiger partial charge in [0.05, 0.1) is 5.69 Å². The summed E-state index contributed by atoms with van der Waals surface area (Å²) in [7, 11) is 0. The first-order valence-electron chi connectivity index (χ1n) is 5.99. The number of aryl methyl sites for hydroxylation is 2. The Labute approximate surface area is 98.5 Å². The zero-order chi connectivity index (χ0) is 12.3. The third-order valence-corrected chi connectivity index (χ3v) is 2.97. The van der Waals surface area contributed by atoms with Crippen LogP contribution in [-0.4, -0.2) is 21.5 Å². The van der Waals surface area contributed by atoms with Crippen LogP contribution in [-0.2, 0) is 13.0 Å². The lowest BCUT2D eigenvalue weighted by atomic mass is 9.92. The molecule has 1 heterocycles. The standard InChI is InChI=1S/C13H24N2O/c1-10-12(6-9-16)11(2)15(14-10)8-7-13(3,4)5/h16H,6-9H2,1-5H3. The summed E-state index contributed by atoms with van der Waals surface area (Å²) in [6.45, 7) is 12.0. The number of rotatable bonds is 4. The largest absolute Gasteiger partial charge is 0.396 e. The van der Waals surface area contributed by atoms with E-state index < -0.39 is 0 Å². The van der Waals surface area contributed by atoms with Crippen LogP contribution in [0.3, 0.4) is 0 Å². The van der Waals surface area contributed by atoms with Crippen molar-refractivity contribution >= 4 is 0 Å². The fraction of sp³-hybridized carbons (Fsp3) is 0.769. The smallest absolute Gasteiger partial charge is 0.0629 e. The first kappa shape index (κ1) is 13.2. The Morgan fingerprint density at radius 1 is 1.25 bits per heavy atom. The molecule has 0 fully saturated rings. The highest BCUT2D eigenvalue weighted by Gasteiger charge is 2.14. The van der Waals surface area contributed by atoms with E-state index in [-0.39, 0.29) is 6.61 Å². The molecule has 1 aromatic heterocycles. The maximum Gasteiger partial charge on any atom is 0.0629 e. The Morgan fingerprint density at radius 3 is 2.38 bits per heavy atom. The van der Waals surface area contributed by atoms with E-state index >= 15 is 0 Å². The molecule has 92 valence electrons. The predicted octanol–water partition coefficient (Wildman–Crippen LogP) is 2.47. The highest BCUT2D eigenvalue weighted by molar-refractivity contribution is 5.24. The summed E-state index contributed by atoms with van der Waals surface area (Å²) < 4.78 is 2.07. The van der Waals surface area contributed by atoms with Gasteiger partial charge in [0.25, 0.3) is 0 Å². The molecule has 0 aliphatic carbocycles. The van der Waals surface area contributed by atoms with E-state index in [2.05, 4.69) is 37.5 Å². The van der Waals surface area contributed by atoms with Crippen molar-refractivity contribution in [3.05, 3.63) is 17.0 Å². The van der Waals surface area contributed by atoms with Crippen molar-refractivity contribution in [2.75, 3.05) is 6.61 Å². The first-order valence-corrected chi connectivity index (χ1v) is 5.99. The maximum atomic E-state index is 9.00. The molecule has 1 aromatic rings. The van der Waals surface area contributed by atoms with E-state index in [4.69, 9.17) is 5.11 Å². The monoisotopic (exact) mass is 224 g/mol. The number of aromatic nitrogens is 2. The van der Waals surface area contributed by atoms with Gasteiger partial charge in [-0.3, -0.25) is 4.68 Å². The average Bonchev–Trinajstić information content (AvgIpc) is 2.42. The van der Waals surface area contributed by atoms with Crippen LogP contribution in [0.1, 0.15) is 44.1 Å². The van der Waals surface area contributed by atoms with Gasteiger partial charge in [-0.15, -0.1) is 0 Å². The highest BCUT2D eigenvalue weighted by atomic mass is 16.2.